The molecule has 0 bridgehead atoms. The third-order valence-electron chi connectivity index (χ3n) is 6.18. The fourth-order valence-corrected chi connectivity index (χ4v) is 5.04. The van der Waals surface area contributed by atoms with Gasteiger partial charge in [0.2, 0.25) is 0 Å². The van der Waals surface area contributed by atoms with Crippen molar-refractivity contribution in [1.29, 1.82) is 5.26 Å². The summed E-state index contributed by atoms with van der Waals surface area (Å²) in [4.78, 5) is 20.7. The lowest BCUT2D eigenvalue weighted by atomic mass is 9.79. The fourth-order valence-electron chi connectivity index (χ4n) is 4.39. The van der Waals surface area contributed by atoms with Crippen molar-refractivity contribution in [3.63, 3.8) is 0 Å². The number of pyridine rings is 1. The first kappa shape index (κ1) is 20.2. The number of aromatic nitrogens is 4. The smallest absolute Gasteiger partial charge is 0.306 e. The van der Waals surface area contributed by atoms with Crippen LogP contribution in [0.25, 0.3) is 28.0 Å². The molecule has 0 amide bonds. The molecule has 3 N–H and O–H groups in total. The average molecular weight is 445 g/mol. The molecule has 1 aliphatic rings. The summed E-state index contributed by atoms with van der Waals surface area (Å²) < 4.78 is 1.49. The third kappa shape index (κ3) is 3.39. The minimum atomic E-state index is -0.761. The molecule has 0 saturated heterocycles. The van der Waals surface area contributed by atoms with Gasteiger partial charge >= 0.3 is 5.97 Å². The minimum Gasteiger partial charge on any atom is -0.481 e. The minimum absolute atomic E-state index is 0.00519. The molecule has 0 atom stereocenters. The van der Waals surface area contributed by atoms with Gasteiger partial charge in [0.15, 0.2) is 5.65 Å². The molecule has 9 heteroatoms. The SMILES string of the molecule is N#Cc1c(N)n2ncc(-c3ccc(-c4ccsc4)nc3)c2nc1[C@H]1CC[C@H](C(=O)O)CC1. The molecule has 4 heterocycles. The van der Waals surface area contributed by atoms with E-state index in [9.17, 15) is 15.2 Å². The van der Waals surface area contributed by atoms with Crippen molar-refractivity contribution in [1.82, 2.24) is 19.6 Å². The van der Waals surface area contributed by atoms with Crippen LogP contribution in [0.3, 0.4) is 0 Å². The standard InChI is InChI=1S/C23H20N6O2S/c24-9-17-20(13-1-3-14(4-2-13)23(30)31)28-22-18(11-27-29(22)21(17)25)15-5-6-19(26-10-15)16-7-8-32-12-16/h5-8,10-14H,1-4,25H2,(H,30,31)/t13-,14-. The number of nitrogens with two attached hydrogens (primary N) is 1. The number of carbonyl (C=O) groups is 1. The highest BCUT2D eigenvalue weighted by atomic mass is 32.1. The lowest BCUT2D eigenvalue weighted by Gasteiger charge is -2.26. The quantitative estimate of drug-likeness (QED) is 0.479. The molecule has 0 spiro atoms. The average Bonchev–Trinajstić information content (AvgIpc) is 3.50. The van der Waals surface area contributed by atoms with Gasteiger partial charge in [-0.2, -0.15) is 26.2 Å². The van der Waals surface area contributed by atoms with Crippen LogP contribution in [0, 0.1) is 17.2 Å². The van der Waals surface area contributed by atoms with Crippen molar-refractivity contribution >= 4 is 28.8 Å². The van der Waals surface area contributed by atoms with Crippen molar-refractivity contribution in [2.24, 2.45) is 5.92 Å². The van der Waals surface area contributed by atoms with E-state index in [0.29, 0.717) is 42.6 Å². The number of thiophene rings is 1. The molecular weight excluding hydrogens is 424 g/mol. The Morgan fingerprint density at radius 1 is 1.19 bits per heavy atom. The van der Waals surface area contributed by atoms with Gasteiger partial charge in [-0.05, 0) is 43.2 Å². The summed E-state index contributed by atoms with van der Waals surface area (Å²) in [6.45, 7) is 0. The predicted octanol–water partition coefficient (Wildman–Crippen LogP) is 4.33. The summed E-state index contributed by atoms with van der Waals surface area (Å²) in [6.07, 6.45) is 5.93. The predicted molar refractivity (Wildman–Crippen MR) is 121 cm³/mol. The molecule has 0 aliphatic heterocycles. The maximum Gasteiger partial charge on any atom is 0.306 e. The number of hydrogen-bond acceptors (Lipinski definition) is 7. The van der Waals surface area contributed by atoms with Crippen LogP contribution < -0.4 is 5.73 Å². The van der Waals surface area contributed by atoms with Crippen molar-refractivity contribution in [2.75, 3.05) is 5.73 Å². The molecule has 0 unspecified atom stereocenters. The van der Waals surface area contributed by atoms with E-state index in [1.165, 1.54) is 4.52 Å². The second-order valence-electron chi connectivity index (χ2n) is 7.99. The van der Waals surface area contributed by atoms with Gasteiger partial charge in [-0.25, -0.2) is 4.98 Å². The second kappa shape index (κ2) is 8.05. The summed E-state index contributed by atoms with van der Waals surface area (Å²) in [7, 11) is 0. The number of nitrogen functional groups attached to an aromatic ring is 1. The zero-order valence-electron chi connectivity index (χ0n) is 17.1. The third-order valence-corrected chi connectivity index (χ3v) is 6.86. The number of carboxylic acids is 1. The molecule has 160 valence electrons. The van der Waals surface area contributed by atoms with Gasteiger partial charge in [0.1, 0.15) is 17.5 Å². The zero-order valence-corrected chi connectivity index (χ0v) is 17.9. The van der Waals surface area contributed by atoms with Crippen LogP contribution in [0.15, 0.2) is 41.4 Å². The second-order valence-corrected chi connectivity index (χ2v) is 8.77. The summed E-state index contributed by atoms with van der Waals surface area (Å²) in [5, 5.41) is 27.5. The van der Waals surface area contributed by atoms with Crippen LogP contribution in [0.5, 0.6) is 0 Å². The van der Waals surface area contributed by atoms with Crippen molar-refractivity contribution in [3.05, 3.63) is 52.6 Å². The molecule has 0 radical (unpaired) electrons. The maximum atomic E-state index is 11.3. The lowest BCUT2D eigenvalue weighted by Crippen LogP contribution is -2.22. The number of nitriles is 1. The van der Waals surface area contributed by atoms with E-state index in [1.54, 1.807) is 23.7 Å². The Balaban J connectivity index is 1.55. The molecule has 1 aliphatic carbocycles. The molecule has 4 aromatic rings. The van der Waals surface area contributed by atoms with E-state index in [-0.39, 0.29) is 17.7 Å². The van der Waals surface area contributed by atoms with Crippen LogP contribution in [0.2, 0.25) is 0 Å². The summed E-state index contributed by atoms with van der Waals surface area (Å²) in [6, 6.07) is 8.15. The molecule has 0 aromatic carbocycles. The van der Waals surface area contributed by atoms with E-state index in [1.807, 2.05) is 29.0 Å². The van der Waals surface area contributed by atoms with Crippen LogP contribution in [-0.2, 0) is 4.79 Å². The Morgan fingerprint density at radius 2 is 2.00 bits per heavy atom. The number of carboxylic acid groups (broad SMARTS) is 1. The zero-order chi connectivity index (χ0) is 22.2. The van der Waals surface area contributed by atoms with Crippen LogP contribution in [0.1, 0.15) is 42.9 Å². The summed E-state index contributed by atoms with van der Waals surface area (Å²) in [5.74, 6) is -0.851. The lowest BCUT2D eigenvalue weighted by molar-refractivity contribution is -0.142. The van der Waals surface area contributed by atoms with Gasteiger partial charge in [0.25, 0.3) is 0 Å². The van der Waals surface area contributed by atoms with E-state index in [0.717, 1.165) is 22.4 Å². The molecule has 4 aromatic heterocycles. The Bertz CT molecular complexity index is 1330. The maximum absolute atomic E-state index is 11.3. The number of rotatable bonds is 4. The van der Waals surface area contributed by atoms with E-state index < -0.39 is 5.97 Å². The van der Waals surface area contributed by atoms with Gasteiger partial charge < -0.3 is 10.8 Å². The topological polar surface area (TPSA) is 130 Å². The highest BCUT2D eigenvalue weighted by molar-refractivity contribution is 7.08. The summed E-state index contributed by atoms with van der Waals surface area (Å²) in [5.41, 5.74) is 11.4. The van der Waals surface area contributed by atoms with Crippen molar-refractivity contribution < 1.29 is 9.90 Å². The molecule has 5 rings (SSSR count). The fraction of sp³-hybridized carbons (Fsp3) is 0.261. The van der Waals surface area contributed by atoms with E-state index in [4.69, 9.17) is 10.7 Å². The number of anilines is 1. The van der Waals surface area contributed by atoms with Crippen molar-refractivity contribution in [2.45, 2.75) is 31.6 Å². The normalized spacial score (nSPS) is 18.5. The van der Waals surface area contributed by atoms with Crippen LogP contribution in [-0.4, -0.2) is 30.7 Å². The largest absolute Gasteiger partial charge is 0.481 e. The first-order valence-electron chi connectivity index (χ1n) is 10.4. The Kier molecular flexibility index (Phi) is 5.07. The Morgan fingerprint density at radius 3 is 2.62 bits per heavy atom. The number of hydrogen-bond donors (Lipinski definition) is 2. The molecule has 1 fully saturated rings. The van der Waals surface area contributed by atoms with Crippen LogP contribution >= 0.6 is 11.3 Å². The van der Waals surface area contributed by atoms with Gasteiger partial charge in [-0.3, -0.25) is 9.78 Å². The van der Waals surface area contributed by atoms with E-state index in [2.05, 4.69) is 16.2 Å². The number of nitrogens with zero attached hydrogens (tertiary/aromatic N) is 5. The van der Waals surface area contributed by atoms with Gasteiger partial charge in [-0.15, -0.1) is 0 Å². The first-order valence-corrected chi connectivity index (χ1v) is 11.3. The Labute approximate surface area is 188 Å². The van der Waals surface area contributed by atoms with Gasteiger partial charge in [-0.1, -0.05) is 6.07 Å². The molecular formula is C23H20N6O2S. The monoisotopic (exact) mass is 444 g/mol. The molecule has 8 nitrogen and oxygen atoms in total. The van der Waals surface area contributed by atoms with Gasteiger partial charge in [0, 0.05) is 34.2 Å². The van der Waals surface area contributed by atoms with Crippen molar-refractivity contribution in [3.8, 4) is 28.5 Å². The first-order chi connectivity index (χ1) is 15.6. The number of aliphatic carboxylic acids is 1. The number of fused-ring (bicyclic) bond motifs is 1. The highest BCUT2D eigenvalue weighted by Crippen LogP contribution is 2.38. The van der Waals surface area contributed by atoms with Gasteiger partial charge in [0.05, 0.1) is 23.5 Å². The highest BCUT2D eigenvalue weighted by Gasteiger charge is 2.30. The van der Waals surface area contributed by atoms with E-state index >= 15 is 0 Å². The summed E-state index contributed by atoms with van der Waals surface area (Å²) >= 11 is 1.62. The van der Waals surface area contributed by atoms with Crippen LogP contribution in [0.4, 0.5) is 5.82 Å². The molecule has 32 heavy (non-hydrogen) atoms. The molecule has 1 saturated carbocycles. The Hall–Kier alpha value is -3.77.